The maximum Gasteiger partial charge on any atom is 0.280 e. The van der Waals surface area contributed by atoms with Crippen molar-refractivity contribution in [2.24, 2.45) is 27.2 Å². The molecule has 0 aliphatic heterocycles. The van der Waals surface area contributed by atoms with Gasteiger partial charge in [0.15, 0.2) is 5.96 Å². The van der Waals surface area contributed by atoms with Gasteiger partial charge in [-0.3, -0.25) is 0 Å². The van der Waals surface area contributed by atoms with E-state index in [1.165, 1.54) is 12.1 Å². The van der Waals surface area contributed by atoms with Gasteiger partial charge in [-0.05, 0) is 24.3 Å². The first-order valence-electron chi connectivity index (χ1n) is 6.25. The van der Waals surface area contributed by atoms with Crippen LogP contribution in [0.25, 0.3) is 11.3 Å². The normalized spacial score (nSPS) is 11.5. The molecule has 1 aromatic heterocycles. The second kappa shape index (κ2) is 6.61. The minimum Gasteiger partial charge on any atom is -0.370 e. The number of hydrogen-bond acceptors (Lipinski definition) is 2. The van der Waals surface area contributed by atoms with Gasteiger partial charge >= 0.3 is 0 Å². The summed E-state index contributed by atoms with van der Waals surface area (Å²) in [6.07, 6.45) is -2.61. The fourth-order valence-corrected chi connectivity index (χ4v) is 1.73. The van der Waals surface area contributed by atoms with Crippen LogP contribution in [0.3, 0.4) is 0 Å². The monoisotopic (exact) mass is 304 g/mol. The smallest absolute Gasteiger partial charge is 0.280 e. The van der Waals surface area contributed by atoms with Crippen LogP contribution in [0.5, 0.6) is 0 Å². The Kier molecular flexibility index (Phi) is 4.62. The summed E-state index contributed by atoms with van der Waals surface area (Å²) in [7, 11) is 0. The topological polar surface area (TPSA) is 116 Å². The molecular weight excluding hydrogens is 290 g/mol. The van der Waals surface area contributed by atoms with Gasteiger partial charge in [-0.25, -0.2) is 18.8 Å². The van der Waals surface area contributed by atoms with E-state index in [0.29, 0.717) is 16.9 Å². The molecule has 0 saturated heterocycles. The third kappa shape index (κ3) is 3.98. The van der Waals surface area contributed by atoms with Gasteiger partial charge in [-0.2, -0.15) is 4.99 Å². The van der Waals surface area contributed by atoms with Gasteiger partial charge in [-0.15, -0.1) is 0 Å². The van der Waals surface area contributed by atoms with Crippen molar-refractivity contribution in [1.29, 1.82) is 0 Å². The van der Waals surface area contributed by atoms with Crippen molar-refractivity contribution >= 4 is 17.6 Å². The van der Waals surface area contributed by atoms with Crippen LogP contribution in [0, 0.1) is 0 Å². The number of pyridine rings is 1. The van der Waals surface area contributed by atoms with Crippen molar-refractivity contribution in [3.05, 3.63) is 48.2 Å². The van der Waals surface area contributed by atoms with Crippen molar-refractivity contribution in [2.75, 3.05) is 0 Å². The Bertz CT molecular complexity index is 706. The first-order valence-corrected chi connectivity index (χ1v) is 6.25. The van der Waals surface area contributed by atoms with Crippen LogP contribution in [0.4, 0.5) is 14.5 Å². The van der Waals surface area contributed by atoms with Gasteiger partial charge in [-0.1, -0.05) is 18.2 Å². The fourth-order valence-electron chi connectivity index (χ4n) is 1.73. The van der Waals surface area contributed by atoms with Gasteiger partial charge in [0.2, 0.25) is 5.96 Å². The highest BCUT2D eigenvalue weighted by atomic mass is 19.3. The molecule has 0 amide bonds. The molecule has 6 N–H and O–H groups in total. The van der Waals surface area contributed by atoms with Gasteiger partial charge in [0.1, 0.15) is 5.69 Å². The number of rotatable bonds is 3. The lowest BCUT2D eigenvalue weighted by molar-refractivity contribution is 0.146. The van der Waals surface area contributed by atoms with E-state index >= 15 is 0 Å². The van der Waals surface area contributed by atoms with E-state index < -0.39 is 6.43 Å². The lowest BCUT2D eigenvalue weighted by atomic mass is 10.1. The van der Waals surface area contributed by atoms with E-state index in [2.05, 4.69) is 15.0 Å². The second-order valence-corrected chi connectivity index (χ2v) is 4.30. The maximum atomic E-state index is 12.6. The predicted molar refractivity (Wildman–Crippen MR) is 81.7 cm³/mol. The first-order chi connectivity index (χ1) is 10.5. The van der Waals surface area contributed by atoms with Crippen molar-refractivity contribution < 1.29 is 8.78 Å². The second-order valence-electron chi connectivity index (χ2n) is 4.30. The molecule has 0 bridgehead atoms. The van der Waals surface area contributed by atoms with Gasteiger partial charge in [0, 0.05) is 5.56 Å². The molecule has 0 atom stereocenters. The molecule has 0 saturated carbocycles. The van der Waals surface area contributed by atoms with E-state index in [9.17, 15) is 8.78 Å². The standard InChI is InChI=1S/C14H14F2N6/c15-12(16)11-3-1-2-10(21-11)8-4-6-9(7-5-8)20-14(19)22-13(17)18/h1-7,12H,(H6,17,18,19,20,22). The number of aliphatic imine (C=N–C) groups is 2. The molecule has 1 heterocycles. The molecule has 8 heteroatoms. The largest absolute Gasteiger partial charge is 0.370 e. The minimum atomic E-state index is -2.61. The van der Waals surface area contributed by atoms with Crippen molar-refractivity contribution in [3.8, 4) is 11.3 Å². The van der Waals surface area contributed by atoms with Crippen LogP contribution in [-0.4, -0.2) is 16.9 Å². The third-order valence-electron chi connectivity index (χ3n) is 2.64. The summed E-state index contributed by atoms with van der Waals surface area (Å²) >= 11 is 0. The summed E-state index contributed by atoms with van der Waals surface area (Å²) < 4.78 is 25.3. The molecule has 0 spiro atoms. The lowest BCUT2D eigenvalue weighted by Gasteiger charge is -2.04. The van der Waals surface area contributed by atoms with Crippen molar-refractivity contribution in [1.82, 2.24) is 4.98 Å². The Labute approximate surface area is 125 Å². The van der Waals surface area contributed by atoms with E-state index in [1.807, 2.05) is 0 Å². The third-order valence-corrected chi connectivity index (χ3v) is 2.64. The van der Waals surface area contributed by atoms with E-state index in [1.54, 1.807) is 30.3 Å². The van der Waals surface area contributed by atoms with Crippen LogP contribution in [0.1, 0.15) is 12.1 Å². The molecule has 0 aliphatic rings. The van der Waals surface area contributed by atoms with Crippen LogP contribution in [-0.2, 0) is 0 Å². The summed E-state index contributed by atoms with van der Waals surface area (Å²) in [5.41, 5.74) is 17.3. The molecule has 6 nitrogen and oxygen atoms in total. The number of halogens is 2. The fraction of sp³-hybridized carbons (Fsp3) is 0.0714. The number of hydrogen-bond donors (Lipinski definition) is 3. The summed E-state index contributed by atoms with van der Waals surface area (Å²) in [5.74, 6) is -0.267. The molecule has 0 radical (unpaired) electrons. The van der Waals surface area contributed by atoms with Gasteiger partial charge in [0.05, 0.1) is 11.4 Å². The number of nitrogens with zero attached hydrogens (tertiary/aromatic N) is 3. The van der Waals surface area contributed by atoms with E-state index in [4.69, 9.17) is 17.2 Å². The summed E-state index contributed by atoms with van der Waals surface area (Å²) in [4.78, 5) is 11.5. The Morgan fingerprint density at radius 2 is 1.68 bits per heavy atom. The summed E-state index contributed by atoms with van der Waals surface area (Å²) in [6, 6.07) is 11.2. The Morgan fingerprint density at radius 3 is 2.27 bits per heavy atom. The Morgan fingerprint density at radius 1 is 1.00 bits per heavy atom. The molecule has 114 valence electrons. The molecule has 2 aromatic rings. The molecule has 1 aromatic carbocycles. The molecule has 0 aliphatic carbocycles. The van der Waals surface area contributed by atoms with E-state index in [0.717, 1.165) is 0 Å². The van der Waals surface area contributed by atoms with Gasteiger partial charge < -0.3 is 17.2 Å². The Hall–Kier alpha value is -3.03. The zero-order valence-electron chi connectivity index (χ0n) is 11.4. The van der Waals surface area contributed by atoms with Crippen molar-refractivity contribution in [3.63, 3.8) is 0 Å². The number of benzene rings is 1. The maximum absolute atomic E-state index is 12.6. The number of nitrogens with two attached hydrogens (primary N) is 3. The van der Waals surface area contributed by atoms with E-state index in [-0.39, 0.29) is 17.6 Å². The SMILES string of the molecule is NC(N)=NC(N)=Nc1ccc(-c2cccc(C(F)F)n2)cc1. The molecule has 0 unspecified atom stereocenters. The lowest BCUT2D eigenvalue weighted by Crippen LogP contribution is -2.26. The van der Waals surface area contributed by atoms with Crippen LogP contribution >= 0.6 is 0 Å². The van der Waals surface area contributed by atoms with Crippen molar-refractivity contribution in [2.45, 2.75) is 6.43 Å². The van der Waals surface area contributed by atoms with Crippen LogP contribution in [0.2, 0.25) is 0 Å². The zero-order valence-corrected chi connectivity index (χ0v) is 11.4. The number of alkyl halides is 2. The average molecular weight is 304 g/mol. The number of aromatic nitrogens is 1. The highest BCUT2D eigenvalue weighted by Gasteiger charge is 2.09. The van der Waals surface area contributed by atoms with Crippen LogP contribution in [0.15, 0.2) is 52.4 Å². The molecular formula is C14H14F2N6. The zero-order chi connectivity index (χ0) is 16.1. The highest BCUT2D eigenvalue weighted by Crippen LogP contribution is 2.24. The molecule has 22 heavy (non-hydrogen) atoms. The van der Waals surface area contributed by atoms with Crippen LogP contribution < -0.4 is 17.2 Å². The number of guanidine groups is 2. The summed E-state index contributed by atoms with van der Waals surface area (Å²) in [5, 5.41) is 0. The Balaban J connectivity index is 2.26. The molecule has 0 fully saturated rings. The molecule has 2 rings (SSSR count). The average Bonchev–Trinajstić information content (AvgIpc) is 2.47. The summed E-state index contributed by atoms with van der Waals surface area (Å²) in [6.45, 7) is 0. The van der Waals surface area contributed by atoms with Gasteiger partial charge in [0.25, 0.3) is 6.43 Å². The highest BCUT2D eigenvalue weighted by molar-refractivity contribution is 5.93. The first kappa shape index (κ1) is 15.4. The quantitative estimate of drug-likeness (QED) is 0.593. The predicted octanol–water partition coefficient (Wildman–Crippen LogP) is 1.91. The minimum absolute atomic E-state index is 0.0782.